The van der Waals surface area contributed by atoms with Crippen LogP contribution in [0.3, 0.4) is 0 Å². The van der Waals surface area contributed by atoms with Gasteiger partial charge >= 0.3 is 0 Å². The van der Waals surface area contributed by atoms with Crippen molar-refractivity contribution < 1.29 is 27.8 Å². The fourth-order valence-electron chi connectivity index (χ4n) is 4.06. The van der Waals surface area contributed by atoms with Crippen molar-refractivity contribution >= 4 is 5.91 Å². The Kier molecular flexibility index (Phi) is 6.50. The molecule has 0 aliphatic carbocycles. The monoisotopic (exact) mass is 432 g/mol. The fraction of sp³-hybridized carbons (Fsp3) is 0.435. The van der Waals surface area contributed by atoms with E-state index < -0.39 is 17.4 Å². The molecule has 6 nitrogen and oxygen atoms in total. The predicted octanol–water partition coefficient (Wildman–Crippen LogP) is 3.06. The fourth-order valence-corrected chi connectivity index (χ4v) is 4.06. The van der Waals surface area contributed by atoms with E-state index in [1.54, 1.807) is 12.0 Å². The van der Waals surface area contributed by atoms with Crippen molar-refractivity contribution in [1.82, 2.24) is 9.80 Å². The van der Waals surface area contributed by atoms with Crippen molar-refractivity contribution in [2.45, 2.75) is 18.8 Å². The molecule has 1 amide bonds. The number of morpholine rings is 1. The number of rotatable bonds is 4. The third-order valence-corrected chi connectivity index (χ3v) is 5.63. The Bertz CT molecular complexity index is 924. The van der Waals surface area contributed by atoms with Crippen LogP contribution in [0.5, 0.6) is 5.75 Å². The zero-order valence-corrected chi connectivity index (χ0v) is 17.5. The van der Waals surface area contributed by atoms with Gasteiger partial charge in [-0.25, -0.2) is 8.78 Å². The summed E-state index contributed by atoms with van der Waals surface area (Å²) in [7, 11) is 1.64. The van der Waals surface area contributed by atoms with Gasteiger partial charge in [-0.3, -0.25) is 9.69 Å². The van der Waals surface area contributed by atoms with Gasteiger partial charge in [0, 0.05) is 25.2 Å². The largest absolute Gasteiger partial charge is 0.497 e. The molecule has 31 heavy (non-hydrogen) atoms. The minimum absolute atomic E-state index is 0.111. The van der Waals surface area contributed by atoms with Crippen molar-refractivity contribution in [3.8, 4) is 5.75 Å². The molecular formula is C23H26F2N2O4. The molecule has 0 radical (unpaired) electrons. The van der Waals surface area contributed by atoms with Crippen LogP contribution in [0, 0.1) is 11.6 Å². The van der Waals surface area contributed by atoms with Gasteiger partial charge < -0.3 is 19.1 Å². The van der Waals surface area contributed by atoms with Crippen molar-refractivity contribution in [1.29, 1.82) is 0 Å². The second-order valence-electron chi connectivity index (χ2n) is 7.88. The number of ether oxygens (including phenoxy) is 3. The lowest BCUT2D eigenvalue weighted by Gasteiger charge is -2.43. The van der Waals surface area contributed by atoms with E-state index in [0.717, 1.165) is 43.0 Å². The third-order valence-electron chi connectivity index (χ3n) is 5.63. The number of hydrogen-bond donors (Lipinski definition) is 0. The number of nitrogens with zero attached hydrogens (tertiary/aromatic N) is 2. The van der Waals surface area contributed by atoms with Crippen LogP contribution in [-0.4, -0.2) is 68.0 Å². The first-order chi connectivity index (χ1) is 15.0. The maximum Gasteiger partial charge on any atom is 0.254 e. The second kappa shape index (κ2) is 9.30. The molecule has 166 valence electrons. The van der Waals surface area contributed by atoms with Crippen LogP contribution in [0.15, 0.2) is 42.5 Å². The Labute approximate surface area is 180 Å². The van der Waals surface area contributed by atoms with E-state index in [1.807, 2.05) is 24.3 Å². The van der Waals surface area contributed by atoms with Crippen LogP contribution < -0.4 is 4.74 Å². The normalized spacial score (nSPS) is 22.4. The van der Waals surface area contributed by atoms with E-state index in [4.69, 9.17) is 14.2 Å². The molecular weight excluding hydrogens is 406 g/mol. The molecule has 2 saturated heterocycles. The molecule has 1 unspecified atom stereocenters. The first-order valence-electron chi connectivity index (χ1n) is 10.4. The molecule has 2 aromatic carbocycles. The smallest absolute Gasteiger partial charge is 0.254 e. The quantitative estimate of drug-likeness (QED) is 0.743. The first-order valence-corrected chi connectivity index (χ1v) is 10.4. The van der Waals surface area contributed by atoms with Gasteiger partial charge in [-0.15, -0.1) is 0 Å². The SMILES string of the molecule is COc1ccc(CN2CCCOC3(C2)CN(C(=O)c2ccc(F)c(F)c2)CCO3)cc1. The summed E-state index contributed by atoms with van der Waals surface area (Å²) >= 11 is 0. The van der Waals surface area contributed by atoms with Gasteiger partial charge in [0.15, 0.2) is 17.4 Å². The number of carbonyl (C=O) groups is 1. The first kappa shape index (κ1) is 21.7. The van der Waals surface area contributed by atoms with Gasteiger partial charge in [-0.05, 0) is 42.3 Å². The summed E-state index contributed by atoms with van der Waals surface area (Å²) in [6.45, 7) is 3.48. The van der Waals surface area contributed by atoms with Crippen LogP contribution in [0.25, 0.3) is 0 Å². The Morgan fingerprint density at radius 1 is 1.03 bits per heavy atom. The Morgan fingerprint density at radius 2 is 1.81 bits per heavy atom. The lowest BCUT2D eigenvalue weighted by molar-refractivity contribution is -0.261. The molecule has 0 bridgehead atoms. The Hall–Kier alpha value is -2.55. The van der Waals surface area contributed by atoms with Gasteiger partial charge in [-0.2, -0.15) is 0 Å². The highest BCUT2D eigenvalue weighted by atomic mass is 19.2. The zero-order chi connectivity index (χ0) is 21.8. The van der Waals surface area contributed by atoms with Gasteiger partial charge in [0.25, 0.3) is 5.91 Å². The van der Waals surface area contributed by atoms with Gasteiger partial charge in [0.05, 0.1) is 33.4 Å². The number of carbonyl (C=O) groups excluding carboxylic acids is 1. The molecule has 2 fully saturated rings. The zero-order valence-electron chi connectivity index (χ0n) is 17.5. The van der Waals surface area contributed by atoms with Crippen LogP contribution in [0.4, 0.5) is 8.78 Å². The molecule has 0 aromatic heterocycles. The van der Waals surface area contributed by atoms with Crippen molar-refractivity contribution in [3.63, 3.8) is 0 Å². The molecule has 2 aliphatic heterocycles. The molecule has 0 N–H and O–H groups in total. The summed E-state index contributed by atoms with van der Waals surface area (Å²) in [5.41, 5.74) is 1.25. The van der Waals surface area contributed by atoms with E-state index in [1.165, 1.54) is 6.07 Å². The molecule has 2 aliphatic rings. The van der Waals surface area contributed by atoms with E-state index in [0.29, 0.717) is 26.3 Å². The molecule has 2 aromatic rings. The Morgan fingerprint density at radius 3 is 2.55 bits per heavy atom. The van der Waals surface area contributed by atoms with Gasteiger partial charge in [0.1, 0.15) is 5.75 Å². The van der Waals surface area contributed by atoms with Crippen molar-refractivity contribution in [3.05, 3.63) is 65.2 Å². The lowest BCUT2D eigenvalue weighted by Crippen LogP contribution is -2.59. The summed E-state index contributed by atoms with van der Waals surface area (Å²) in [6, 6.07) is 11.1. The number of benzene rings is 2. The topological polar surface area (TPSA) is 51.2 Å². The summed E-state index contributed by atoms with van der Waals surface area (Å²) < 4.78 is 44.2. The summed E-state index contributed by atoms with van der Waals surface area (Å²) in [5, 5.41) is 0. The highest BCUT2D eigenvalue weighted by Gasteiger charge is 2.42. The third kappa shape index (κ3) is 5.03. The minimum atomic E-state index is -1.04. The standard InChI is InChI=1S/C23H26F2N2O4/c1-29-19-6-3-17(4-7-19)14-26-9-2-11-30-23(15-26)16-27(10-12-31-23)22(28)18-5-8-20(24)21(25)13-18/h3-8,13H,2,9-12,14-16H2,1H3. The average molecular weight is 432 g/mol. The van der Waals surface area contributed by atoms with Gasteiger partial charge in [-0.1, -0.05) is 12.1 Å². The molecule has 8 heteroatoms. The summed E-state index contributed by atoms with van der Waals surface area (Å²) in [4.78, 5) is 16.7. The molecule has 1 spiro atoms. The van der Waals surface area contributed by atoms with Crippen LogP contribution in [-0.2, 0) is 16.0 Å². The number of hydrogen-bond acceptors (Lipinski definition) is 5. The number of halogens is 2. The van der Waals surface area contributed by atoms with Crippen LogP contribution in [0.2, 0.25) is 0 Å². The molecule has 0 saturated carbocycles. The van der Waals surface area contributed by atoms with Gasteiger partial charge in [0.2, 0.25) is 0 Å². The van der Waals surface area contributed by atoms with E-state index in [-0.39, 0.29) is 18.0 Å². The predicted molar refractivity (Wildman–Crippen MR) is 110 cm³/mol. The lowest BCUT2D eigenvalue weighted by atomic mass is 10.1. The minimum Gasteiger partial charge on any atom is -0.497 e. The highest BCUT2D eigenvalue weighted by molar-refractivity contribution is 5.94. The second-order valence-corrected chi connectivity index (χ2v) is 7.88. The van der Waals surface area contributed by atoms with E-state index in [2.05, 4.69) is 4.90 Å². The molecule has 4 rings (SSSR count). The number of amides is 1. The summed E-state index contributed by atoms with van der Waals surface area (Å²) in [6.07, 6.45) is 0.846. The Balaban J connectivity index is 1.47. The summed E-state index contributed by atoms with van der Waals surface area (Å²) in [5.74, 6) is -2.52. The number of methoxy groups -OCH3 is 1. The van der Waals surface area contributed by atoms with E-state index in [9.17, 15) is 13.6 Å². The highest BCUT2D eigenvalue weighted by Crippen LogP contribution is 2.27. The van der Waals surface area contributed by atoms with E-state index >= 15 is 0 Å². The maximum absolute atomic E-state index is 13.6. The average Bonchev–Trinajstić information content (AvgIpc) is 2.97. The van der Waals surface area contributed by atoms with Crippen molar-refractivity contribution in [2.24, 2.45) is 0 Å². The molecule has 1 atom stereocenters. The maximum atomic E-state index is 13.6. The molecule has 2 heterocycles. The van der Waals surface area contributed by atoms with Crippen LogP contribution in [0.1, 0.15) is 22.3 Å². The van der Waals surface area contributed by atoms with Crippen molar-refractivity contribution in [2.75, 3.05) is 46.5 Å². The van der Waals surface area contributed by atoms with Crippen LogP contribution >= 0.6 is 0 Å².